The lowest BCUT2D eigenvalue weighted by molar-refractivity contribution is 0.712. The van der Waals surface area contributed by atoms with Crippen molar-refractivity contribution < 1.29 is 0 Å². The predicted octanol–water partition coefficient (Wildman–Crippen LogP) is 2.70. The van der Waals surface area contributed by atoms with Crippen molar-refractivity contribution in [3.05, 3.63) is 65.5 Å². The van der Waals surface area contributed by atoms with Gasteiger partial charge in [-0.05, 0) is 31.5 Å². The van der Waals surface area contributed by atoms with E-state index in [1.807, 2.05) is 19.1 Å². The van der Waals surface area contributed by atoms with Gasteiger partial charge in [0.05, 0.1) is 17.7 Å². The first-order chi connectivity index (χ1) is 9.71. The van der Waals surface area contributed by atoms with Crippen LogP contribution >= 0.6 is 0 Å². The number of aromatic nitrogens is 1. The van der Waals surface area contributed by atoms with Crippen LogP contribution in [0.1, 0.15) is 23.9 Å². The molecule has 0 bridgehead atoms. The highest BCUT2D eigenvalue weighted by Gasteiger charge is 2.37. The van der Waals surface area contributed by atoms with Crippen molar-refractivity contribution in [2.24, 2.45) is 4.99 Å². The molecule has 2 heterocycles. The van der Waals surface area contributed by atoms with Crippen molar-refractivity contribution in [1.29, 1.82) is 0 Å². The number of hydrogen-bond acceptors (Lipinski definition) is 3. The molecule has 3 rings (SSSR count). The van der Waals surface area contributed by atoms with Gasteiger partial charge in [-0.15, -0.1) is 0 Å². The van der Waals surface area contributed by atoms with Crippen molar-refractivity contribution >= 4 is 5.84 Å². The summed E-state index contributed by atoms with van der Waals surface area (Å²) in [4.78, 5) is 9.40. The van der Waals surface area contributed by atoms with Crippen LogP contribution in [-0.4, -0.2) is 23.9 Å². The molecule has 0 saturated heterocycles. The van der Waals surface area contributed by atoms with Gasteiger partial charge in [0.1, 0.15) is 5.84 Å². The fourth-order valence-electron chi connectivity index (χ4n) is 2.73. The summed E-state index contributed by atoms with van der Waals surface area (Å²) >= 11 is 0. The molecule has 0 radical (unpaired) electrons. The number of hydrogen-bond donors (Lipinski definition) is 1. The Hall–Kier alpha value is -2.16. The van der Waals surface area contributed by atoms with Crippen LogP contribution in [0.5, 0.6) is 0 Å². The summed E-state index contributed by atoms with van der Waals surface area (Å²) in [7, 11) is 0. The number of rotatable bonds is 3. The van der Waals surface area contributed by atoms with E-state index in [2.05, 4.69) is 53.6 Å². The van der Waals surface area contributed by atoms with E-state index in [-0.39, 0.29) is 5.41 Å². The van der Waals surface area contributed by atoms with Gasteiger partial charge in [0.15, 0.2) is 0 Å². The van der Waals surface area contributed by atoms with Gasteiger partial charge < -0.3 is 5.32 Å². The summed E-state index contributed by atoms with van der Waals surface area (Å²) < 4.78 is 0. The maximum absolute atomic E-state index is 4.75. The second kappa shape index (κ2) is 5.08. The predicted molar refractivity (Wildman–Crippen MR) is 82.2 cm³/mol. The Balaban J connectivity index is 2.18. The Morgan fingerprint density at radius 1 is 1.05 bits per heavy atom. The first kappa shape index (κ1) is 12.9. The molecule has 0 amide bonds. The van der Waals surface area contributed by atoms with E-state index in [4.69, 9.17) is 4.98 Å². The molecule has 0 saturated carbocycles. The summed E-state index contributed by atoms with van der Waals surface area (Å²) in [6, 6.07) is 16.6. The van der Waals surface area contributed by atoms with Gasteiger partial charge in [-0.2, -0.15) is 0 Å². The van der Waals surface area contributed by atoms with Crippen LogP contribution in [0.3, 0.4) is 0 Å². The minimum absolute atomic E-state index is 0.316. The topological polar surface area (TPSA) is 37.3 Å². The third kappa shape index (κ3) is 2.09. The molecule has 2 aromatic rings. The fourth-order valence-corrected chi connectivity index (χ4v) is 2.73. The Bertz CT molecular complexity index is 634. The molecule has 0 aliphatic carbocycles. The third-order valence-electron chi connectivity index (χ3n) is 3.90. The van der Waals surface area contributed by atoms with Gasteiger partial charge >= 0.3 is 0 Å². The van der Waals surface area contributed by atoms with Crippen LogP contribution in [0.4, 0.5) is 0 Å². The van der Waals surface area contributed by atoms with E-state index in [0.29, 0.717) is 0 Å². The molecule has 1 unspecified atom stereocenters. The van der Waals surface area contributed by atoms with Gasteiger partial charge in [-0.1, -0.05) is 36.4 Å². The molecule has 1 aromatic heterocycles. The first-order valence-electron chi connectivity index (χ1n) is 7.00. The minimum atomic E-state index is -0.316. The van der Waals surface area contributed by atoms with Gasteiger partial charge in [-0.3, -0.25) is 9.98 Å². The van der Waals surface area contributed by atoms with Crippen molar-refractivity contribution in [2.75, 3.05) is 13.1 Å². The molecule has 1 aliphatic rings. The van der Waals surface area contributed by atoms with E-state index in [1.54, 1.807) is 0 Å². The van der Waals surface area contributed by atoms with Crippen LogP contribution in [0.15, 0.2) is 53.5 Å². The molecule has 0 fully saturated rings. The van der Waals surface area contributed by atoms with E-state index < -0.39 is 0 Å². The van der Waals surface area contributed by atoms with E-state index in [0.717, 1.165) is 30.3 Å². The molecule has 3 nitrogen and oxygen atoms in total. The van der Waals surface area contributed by atoms with Crippen LogP contribution in [0.2, 0.25) is 0 Å². The number of aliphatic imine (C=N–C) groups is 1. The normalized spacial score (nSPS) is 17.2. The molecule has 102 valence electrons. The standard InChI is InChI=1S/C17H19N3/c1-13-7-6-10-15(20-13)17(2,16-18-11-12-19-16)14-8-4-3-5-9-14/h3-10H,11-12H2,1-2H3,(H,18,19). The highest BCUT2D eigenvalue weighted by molar-refractivity contribution is 5.96. The molecular formula is C17H19N3. The average Bonchev–Trinajstić information content (AvgIpc) is 3.02. The fraction of sp³-hybridized carbons (Fsp3) is 0.294. The summed E-state index contributed by atoms with van der Waals surface area (Å²) in [6.07, 6.45) is 0. The van der Waals surface area contributed by atoms with Gasteiger partial charge in [0.25, 0.3) is 0 Å². The Morgan fingerprint density at radius 3 is 2.50 bits per heavy atom. The lowest BCUT2D eigenvalue weighted by atomic mass is 9.77. The van der Waals surface area contributed by atoms with E-state index in [1.165, 1.54) is 5.56 Å². The molecule has 20 heavy (non-hydrogen) atoms. The second-order valence-electron chi connectivity index (χ2n) is 5.31. The highest BCUT2D eigenvalue weighted by atomic mass is 15.1. The summed E-state index contributed by atoms with van der Waals surface area (Å²) in [5, 5.41) is 3.42. The smallest absolute Gasteiger partial charge is 0.113 e. The van der Waals surface area contributed by atoms with Gasteiger partial charge in [0.2, 0.25) is 0 Å². The van der Waals surface area contributed by atoms with Crippen molar-refractivity contribution in [1.82, 2.24) is 10.3 Å². The summed E-state index contributed by atoms with van der Waals surface area (Å²) in [6.45, 7) is 5.97. The molecule has 1 N–H and O–H groups in total. The molecule has 1 atom stereocenters. The monoisotopic (exact) mass is 265 g/mol. The lowest BCUT2D eigenvalue weighted by Gasteiger charge is -2.30. The Kier molecular flexibility index (Phi) is 3.26. The second-order valence-corrected chi connectivity index (χ2v) is 5.31. The quantitative estimate of drug-likeness (QED) is 0.926. The van der Waals surface area contributed by atoms with Gasteiger partial charge in [-0.25, -0.2) is 0 Å². The van der Waals surface area contributed by atoms with Crippen LogP contribution < -0.4 is 5.32 Å². The highest BCUT2D eigenvalue weighted by Crippen LogP contribution is 2.32. The first-order valence-corrected chi connectivity index (χ1v) is 7.00. The average molecular weight is 265 g/mol. The molecule has 1 aliphatic heterocycles. The number of nitrogens with zero attached hydrogens (tertiary/aromatic N) is 2. The number of pyridine rings is 1. The molecule has 3 heteroatoms. The largest absolute Gasteiger partial charge is 0.371 e. The van der Waals surface area contributed by atoms with Gasteiger partial charge in [0, 0.05) is 12.2 Å². The number of benzene rings is 1. The third-order valence-corrected chi connectivity index (χ3v) is 3.90. The molecular weight excluding hydrogens is 246 g/mol. The Labute approximate surface area is 119 Å². The maximum atomic E-state index is 4.75. The number of aryl methyl sites for hydroxylation is 1. The zero-order chi connectivity index (χ0) is 14.0. The summed E-state index contributed by atoms with van der Waals surface area (Å²) in [5.74, 6) is 1.02. The Morgan fingerprint density at radius 2 is 1.85 bits per heavy atom. The van der Waals surface area contributed by atoms with E-state index in [9.17, 15) is 0 Å². The van der Waals surface area contributed by atoms with Crippen LogP contribution in [0, 0.1) is 6.92 Å². The van der Waals surface area contributed by atoms with E-state index >= 15 is 0 Å². The maximum Gasteiger partial charge on any atom is 0.113 e. The number of amidine groups is 1. The summed E-state index contributed by atoms with van der Waals surface area (Å²) in [5.41, 5.74) is 2.97. The zero-order valence-corrected chi connectivity index (χ0v) is 11.9. The molecule has 0 spiro atoms. The van der Waals surface area contributed by atoms with Crippen molar-refractivity contribution in [3.63, 3.8) is 0 Å². The van der Waals surface area contributed by atoms with Crippen LogP contribution in [-0.2, 0) is 5.41 Å². The van der Waals surface area contributed by atoms with Crippen molar-refractivity contribution in [2.45, 2.75) is 19.3 Å². The number of nitrogens with one attached hydrogen (secondary N) is 1. The van der Waals surface area contributed by atoms with Crippen LogP contribution in [0.25, 0.3) is 0 Å². The molecule has 1 aromatic carbocycles. The SMILES string of the molecule is Cc1cccc(C(C)(C2=NCCN2)c2ccccc2)n1. The minimum Gasteiger partial charge on any atom is -0.371 e. The van der Waals surface area contributed by atoms with Crippen molar-refractivity contribution in [3.8, 4) is 0 Å². The lowest BCUT2D eigenvalue weighted by Crippen LogP contribution is -2.41. The zero-order valence-electron chi connectivity index (χ0n) is 11.9.